The van der Waals surface area contributed by atoms with Crippen LogP contribution in [0.1, 0.15) is 12.0 Å². The Bertz CT molecular complexity index is 697. The standard InChI is InChI=1S/C13H19N3O7S/c1-11-3-5-12(6-4-11)24(22,23)8-2-7-14-15(19)13(9-17,10-18)16(20)21/h3-6,17-18H,2,7-10H2,1H3. The summed E-state index contributed by atoms with van der Waals surface area (Å²) in [5.74, 6) is -0.295. The van der Waals surface area contributed by atoms with E-state index in [0.29, 0.717) is 0 Å². The van der Waals surface area contributed by atoms with Crippen LogP contribution >= 0.6 is 0 Å². The summed E-state index contributed by atoms with van der Waals surface area (Å²) in [6.45, 7) is -0.942. The second kappa shape index (κ2) is 8.13. The molecule has 0 saturated heterocycles. The molecule has 0 unspecified atom stereocenters. The lowest BCUT2D eigenvalue weighted by atomic mass is 10.2. The van der Waals surface area contributed by atoms with Gasteiger partial charge >= 0.3 is 5.66 Å². The SMILES string of the molecule is Cc1ccc(S(=O)(=O)CCCN=[N+]([O-])C(CO)(CO)[N+](=O)[O-])cc1. The quantitative estimate of drug-likeness (QED) is 0.157. The van der Waals surface area contributed by atoms with E-state index in [0.717, 1.165) is 5.56 Å². The first-order valence-corrected chi connectivity index (χ1v) is 8.65. The predicted molar refractivity (Wildman–Crippen MR) is 82.7 cm³/mol. The van der Waals surface area contributed by atoms with Crippen molar-refractivity contribution in [1.29, 1.82) is 0 Å². The van der Waals surface area contributed by atoms with Crippen LogP contribution in [0.15, 0.2) is 34.3 Å². The Morgan fingerprint density at radius 3 is 2.17 bits per heavy atom. The summed E-state index contributed by atoms with van der Waals surface area (Å²) in [6, 6.07) is 6.25. The van der Waals surface area contributed by atoms with Crippen LogP contribution in [0.25, 0.3) is 0 Å². The number of hydroxylamine groups is 1. The summed E-state index contributed by atoms with van der Waals surface area (Å²) in [7, 11) is -3.55. The third kappa shape index (κ3) is 4.46. The topological polar surface area (TPSA) is 156 Å². The minimum Gasteiger partial charge on any atom is -0.594 e. The number of nitrogens with zero attached hydrogens (tertiary/aromatic N) is 3. The minimum absolute atomic E-state index is 0.0421. The fourth-order valence-electron chi connectivity index (χ4n) is 1.77. The van der Waals surface area contributed by atoms with Crippen molar-refractivity contribution in [1.82, 2.24) is 0 Å². The van der Waals surface area contributed by atoms with Gasteiger partial charge in [0, 0.05) is 0 Å². The summed E-state index contributed by atoms with van der Waals surface area (Å²) >= 11 is 0. The third-order valence-electron chi connectivity index (χ3n) is 3.38. The monoisotopic (exact) mass is 361 g/mol. The van der Waals surface area contributed by atoms with Crippen molar-refractivity contribution in [2.24, 2.45) is 5.11 Å². The van der Waals surface area contributed by atoms with Crippen LogP contribution in [0.5, 0.6) is 0 Å². The molecule has 0 bridgehead atoms. The van der Waals surface area contributed by atoms with Gasteiger partial charge in [0.15, 0.2) is 23.1 Å². The maximum absolute atomic E-state index is 12.1. The van der Waals surface area contributed by atoms with Crippen molar-refractivity contribution in [3.63, 3.8) is 0 Å². The third-order valence-corrected chi connectivity index (χ3v) is 5.20. The number of hydrogen-bond acceptors (Lipinski definition) is 8. The van der Waals surface area contributed by atoms with Crippen molar-refractivity contribution in [3.8, 4) is 0 Å². The van der Waals surface area contributed by atoms with Gasteiger partial charge in [-0.25, -0.2) is 8.42 Å². The molecule has 11 heteroatoms. The number of hydrogen-bond donors (Lipinski definition) is 2. The zero-order valence-corrected chi connectivity index (χ0v) is 13.8. The van der Waals surface area contributed by atoms with Crippen molar-refractivity contribution in [2.45, 2.75) is 23.9 Å². The van der Waals surface area contributed by atoms with Gasteiger partial charge in [0.1, 0.15) is 11.5 Å². The van der Waals surface area contributed by atoms with Gasteiger partial charge in [0.25, 0.3) is 0 Å². The van der Waals surface area contributed by atoms with Crippen molar-refractivity contribution >= 4 is 9.84 Å². The van der Waals surface area contributed by atoms with Gasteiger partial charge in [-0.1, -0.05) is 17.7 Å². The fourth-order valence-corrected chi connectivity index (χ4v) is 3.06. The van der Waals surface area contributed by atoms with E-state index in [1.54, 1.807) is 12.1 Å². The Morgan fingerprint density at radius 2 is 1.71 bits per heavy atom. The number of sulfone groups is 1. The number of azo groups is 1. The van der Waals surface area contributed by atoms with Crippen LogP contribution < -0.4 is 0 Å². The molecule has 1 rings (SSSR count). The van der Waals surface area contributed by atoms with Gasteiger partial charge in [-0.2, -0.15) is 0 Å². The highest BCUT2D eigenvalue weighted by molar-refractivity contribution is 7.91. The first-order chi connectivity index (χ1) is 11.2. The van der Waals surface area contributed by atoms with E-state index in [9.17, 15) is 23.7 Å². The summed E-state index contributed by atoms with van der Waals surface area (Å²) < 4.78 is 24.2. The molecule has 0 aliphatic heterocycles. The van der Waals surface area contributed by atoms with Gasteiger partial charge in [-0.3, -0.25) is 10.1 Å². The molecule has 0 spiro atoms. The first kappa shape index (κ1) is 19.9. The van der Waals surface area contributed by atoms with E-state index in [1.807, 2.05) is 6.92 Å². The second-order valence-corrected chi connectivity index (χ2v) is 7.29. The van der Waals surface area contributed by atoms with E-state index in [1.165, 1.54) is 12.1 Å². The Hall–Kier alpha value is -2.11. The second-order valence-electron chi connectivity index (χ2n) is 5.18. The Kier molecular flexibility index (Phi) is 6.75. The molecule has 134 valence electrons. The average molecular weight is 361 g/mol. The molecule has 10 nitrogen and oxygen atoms in total. The highest BCUT2D eigenvalue weighted by Crippen LogP contribution is 2.14. The van der Waals surface area contributed by atoms with E-state index in [-0.39, 0.29) is 28.5 Å². The fraction of sp³-hybridized carbons (Fsp3) is 0.538. The van der Waals surface area contributed by atoms with Crippen LogP contribution in [-0.2, 0) is 9.84 Å². The molecular formula is C13H19N3O7S. The summed E-state index contributed by atoms with van der Waals surface area (Å²) in [5, 5.41) is 43.7. The first-order valence-electron chi connectivity index (χ1n) is 7.00. The lowest BCUT2D eigenvalue weighted by Gasteiger charge is -2.16. The highest BCUT2D eigenvalue weighted by Gasteiger charge is 2.53. The maximum Gasteiger partial charge on any atom is 0.483 e. The van der Waals surface area contributed by atoms with Crippen molar-refractivity contribution < 1.29 is 28.4 Å². The van der Waals surface area contributed by atoms with E-state index in [2.05, 4.69) is 5.11 Å². The average Bonchev–Trinajstić information content (AvgIpc) is 2.53. The van der Waals surface area contributed by atoms with Crippen LogP contribution in [0, 0.1) is 22.2 Å². The lowest BCUT2D eigenvalue weighted by Crippen LogP contribution is -2.53. The normalized spacial score (nSPS) is 13.0. The molecule has 0 aliphatic rings. The van der Waals surface area contributed by atoms with Gasteiger partial charge in [-0.05, 0) is 35.5 Å². The van der Waals surface area contributed by atoms with Crippen molar-refractivity contribution in [2.75, 3.05) is 25.5 Å². The molecule has 0 saturated carbocycles. The molecule has 0 atom stereocenters. The van der Waals surface area contributed by atoms with Gasteiger partial charge in [0.05, 0.1) is 10.6 Å². The van der Waals surface area contributed by atoms with Crippen LogP contribution in [0.4, 0.5) is 0 Å². The van der Waals surface area contributed by atoms with Gasteiger partial charge in [-0.15, -0.1) is 0 Å². The molecule has 2 N–H and O–H groups in total. The zero-order valence-electron chi connectivity index (χ0n) is 13.0. The summed E-state index contributed by atoms with van der Waals surface area (Å²) in [6.07, 6.45) is -0.0421. The van der Waals surface area contributed by atoms with Crippen LogP contribution in [-0.4, -0.2) is 59.6 Å². The molecule has 0 aliphatic carbocycles. The highest BCUT2D eigenvalue weighted by atomic mass is 32.2. The van der Waals surface area contributed by atoms with Crippen molar-refractivity contribution in [3.05, 3.63) is 45.2 Å². The molecule has 24 heavy (non-hydrogen) atoms. The molecule has 0 amide bonds. The number of aryl methyl sites for hydroxylation is 1. The number of nitro groups is 1. The van der Waals surface area contributed by atoms with E-state index >= 15 is 0 Å². The number of aliphatic hydroxyl groups is 2. The maximum atomic E-state index is 12.1. The Labute approximate surface area is 138 Å². The zero-order chi connectivity index (χ0) is 18.4. The van der Waals surface area contributed by atoms with Gasteiger partial charge in [0.2, 0.25) is 0 Å². The molecule has 0 heterocycles. The number of aliphatic hydroxyl groups excluding tert-OH is 2. The summed E-state index contributed by atoms with van der Waals surface area (Å²) in [5.41, 5.74) is -1.76. The van der Waals surface area contributed by atoms with Crippen LogP contribution in [0.3, 0.4) is 0 Å². The Morgan fingerprint density at radius 1 is 1.17 bits per heavy atom. The van der Waals surface area contributed by atoms with Crippen LogP contribution in [0.2, 0.25) is 0 Å². The number of rotatable bonds is 9. The summed E-state index contributed by atoms with van der Waals surface area (Å²) in [4.78, 5) is 9.44. The largest absolute Gasteiger partial charge is 0.594 e. The minimum atomic E-state index is -3.55. The number of benzene rings is 1. The van der Waals surface area contributed by atoms with Gasteiger partial charge < -0.3 is 15.4 Å². The van der Waals surface area contributed by atoms with E-state index < -0.39 is 33.6 Å². The lowest BCUT2D eigenvalue weighted by molar-refractivity contribution is -0.819. The molecule has 0 aromatic heterocycles. The molecule has 1 aromatic carbocycles. The molecule has 0 fully saturated rings. The van der Waals surface area contributed by atoms with E-state index in [4.69, 9.17) is 10.2 Å². The smallest absolute Gasteiger partial charge is 0.483 e. The Balaban J connectivity index is 2.73. The predicted octanol–water partition coefficient (Wildman–Crippen LogP) is 0.0789. The molecule has 1 aromatic rings. The molecular weight excluding hydrogens is 342 g/mol. The molecule has 0 radical (unpaired) electrons.